The fraction of sp³-hybridized carbons (Fsp3) is 0.478. The van der Waals surface area contributed by atoms with Gasteiger partial charge in [0.2, 0.25) is 0 Å². The van der Waals surface area contributed by atoms with Gasteiger partial charge in [-0.25, -0.2) is 4.79 Å². The maximum absolute atomic E-state index is 12.7. The van der Waals surface area contributed by atoms with Gasteiger partial charge in [-0.1, -0.05) is 30.3 Å². The number of aryl methyl sites for hydroxylation is 1. The van der Waals surface area contributed by atoms with Crippen molar-refractivity contribution in [3.63, 3.8) is 0 Å². The van der Waals surface area contributed by atoms with Crippen LogP contribution >= 0.6 is 11.3 Å². The van der Waals surface area contributed by atoms with E-state index < -0.39 is 0 Å². The summed E-state index contributed by atoms with van der Waals surface area (Å²) in [5.41, 5.74) is 3.06. The van der Waals surface area contributed by atoms with Gasteiger partial charge in [-0.2, -0.15) is 0 Å². The van der Waals surface area contributed by atoms with Crippen molar-refractivity contribution in [1.29, 1.82) is 0 Å². The molecular weight excluding hydrogens is 384 g/mol. The van der Waals surface area contributed by atoms with Gasteiger partial charge in [-0.3, -0.25) is 4.79 Å². The topological polar surface area (TPSA) is 59.8 Å². The van der Waals surface area contributed by atoms with Crippen molar-refractivity contribution < 1.29 is 19.2 Å². The molecule has 6 heteroatoms. The molecule has 1 amide bonds. The van der Waals surface area contributed by atoms with Crippen LogP contribution in [0.25, 0.3) is 0 Å². The second-order valence-electron chi connectivity index (χ2n) is 8.16. The Morgan fingerprint density at radius 1 is 1.17 bits per heavy atom. The van der Waals surface area contributed by atoms with E-state index in [1.807, 2.05) is 0 Å². The lowest BCUT2D eigenvalue weighted by Crippen LogP contribution is -3.14. The predicted molar refractivity (Wildman–Crippen MR) is 115 cm³/mol. The largest absolute Gasteiger partial charge is 0.465 e. The monoisotopic (exact) mass is 413 g/mol. The molecule has 1 aliphatic carbocycles. The van der Waals surface area contributed by atoms with E-state index in [-0.39, 0.29) is 11.9 Å². The minimum Gasteiger partial charge on any atom is -0.465 e. The summed E-state index contributed by atoms with van der Waals surface area (Å²) < 4.78 is 4.96. The predicted octanol–water partition coefficient (Wildman–Crippen LogP) is 2.50. The van der Waals surface area contributed by atoms with Gasteiger partial charge < -0.3 is 15.0 Å². The van der Waals surface area contributed by atoms with Crippen molar-refractivity contribution in [3.8, 4) is 0 Å². The first kappa shape index (κ1) is 20.1. The molecule has 1 aromatic heterocycles. The summed E-state index contributed by atoms with van der Waals surface area (Å²) in [5.74, 6) is 0.357. The first-order valence-corrected chi connectivity index (χ1v) is 11.4. The molecule has 2 heterocycles. The highest BCUT2D eigenvalue weighted by molar-refractivity contribution is 7.17. The highest BCUT2D eigenvalue weighted by Crippen LogP contribution is 2.39. The van der Waals surface area contributed by atoms with Crippen LogP contribution in [0.4, 0.5) is 5.00 Å². The molecule has 4 rings (SSSR count). The third kappa shape index (κ3) is 4.70. The number of nitrogens with one attached hydrogen (secondary N) is 2. The van der Waals surface area contributed by atoms with Crippen LogP contribution in [0.3, 0.4) is 0 Å². The number of anilines is 1. The van der Waals surface area contributed by atoms with E-state index in [2.05, 4.69) is 35.6 Å². The summed E-state index contributed by atoms with van der Waals surface area (Å²) in [7, 11) is 1.40. The molecule has 2 aliphatic rings. The summed E-state index contributed by atoms with van der Waals surface area (Å²) in [6, 6.07) is 10.7. The maximum Gasteiger partial charge on any atom is 0.341 e. The fourth-order valence-corrected chi connectivity index (χ4v) is 5.92. The molecule has 1 aromatic carbocycles. The molecule has 1 fully saturated rings. The number of carbonyl (C=O) groups excluding carboxylic acids is 2. The Kier molecular flexibility index (Phi) is 6.31. The molecule has 0 radical (unpaired) electrons. The summed E-state index contributed by atoms with van der Waals surface area (Å²) in [6.45, 7) is 2.51. The fourth-order valence-electron chi connectivity index (χ4n) is 4.62. The molecular formula is C23H29N2O3S+. The molecule has 0 atom stereocenters. The number of thiophene rings is 1. The third-order valence-electron chi connectivity index (χ3n) is 6.15. The van der Waals surface area contributed by atoms with Crippen molar-refractivity contribution >= 4 is 28.2 Å². The van der Waals surface area contributed by atoms with Crippen LogP contribution in [0.2, 0.25) is 0 Å². The maximum atomic E-state index is 12.7. The van der Waals surface area contributed by atoms with Crippen LogP contribution in [0.15, 0.2) is 30.3 Å². The number of methoxy groups -OCH3 is 1. The van der Waals surface area contributed by atoms with Gasteiger partial charge in [0.05, 0.1) is 25.8 Å². The molecule has 2 N–H and O–H groups in total. The number of piperidine rings is 1. The summed E-state index contributed by atoms with van der Waals surface area (Å²) in [6.07, 6.45) is 6.38. The van der Waals surface area contributed by atoms with Gasteiger partial charge in [0.1, 0.15) is 5.00 Å². The van der Waals surface area contributed by atoms with Crippen molar-refractivity contribution in [2.45, 2.75) is 38.5 Å². The number of ether oxygens (including phenoxy) is 1. The lowest BCUT2D eigenvalue weighted by Gasteiger charge is -2.29. The smallest absolute Gasteiger partial charge is 0.341 e. The standard InChI is InChI=1S/C23H28N2O3S/c1-28-23(27)21-18-8-5-9-19(18)29-22(21)24-20(26)15-25-12-10-17(11-13-25)14-16-6-3-2-4-7-16/h2-4,6-7,17H,5,8-15H2,1H3,(H,24,26)/p+1. The van der Waals surface area contributed by atoms with E-state index in [1.54, 1.807) is 11.3 Å². The Morgan fingerprint density at radius 2 is 1.93 bits per heavy atom. The average molecular weight is 414 g/mol. The molecule has 2 aromatic rings. The van der Waals surface area contributed by atoms with Crippen LogP contribution < -0.4 is 10.2 Å². The average Bonchev–Trinajstić information content (AvgIpc) is 3.30. The quantitative estimate of drug-likeness (QED) is 0.716. The number of rotatable bonds is 6. The molecule has 0 bridgehead atoms. The van der Waals surface area contributed by atoms with E-state index in [0.717, 1.165) is 57.2 Å². The third-order valence-corrected chi connectivity index (χ3v) is 7.36. The lowest BCUT2D eigenvalue weighted by molar-refractivity contribution is -0.898. The highest BCUT2D eigenvalue weighted by atomic mass is 32.1. The number of hydrogen-bond donors (Lipinski definition) is 2. The zero-order valence-corrected chi connectivity index (χ0v) is 17.8. The minimum absolute atomic E-state index is 0.00779. The van der Waals surface area contributed by atoms with Gasteiger partial charge in [-0.05, 0) is 55.6 Å². The van der Waals surface area contributed by atoms with Gasteiger partial charge >= 0.3 is 5.97 Å². The van der Waals surface area contributed by atoms with Crippen molar-refractivity contribution in [2.24, 2.45) is 5.92 Å². The number of benzene rings is 1. The van der Waals surface area contributed by atoms with Gasteiger partial charge in [0, 0.05) is 4.88 Å². The number of amides is 1. The number of fused-ring (bicyclic) bond motifs is 1. The first-order valence-electron chi connectivity index (χ1n) is 10.5. The summed E-state index contributed by atoms with van der Waals surface area (Å²) in [4.78, 5) is 27.5. The Balaban J connectivity index is 1.30. The van der Waals surface area contributed by atoms with E-state index in [4.69, 9.17) is 4.74 Å². The number of esters is 1. The molecule has 5 nitrogen and oxygen atoms in total. The SMILES string of the molecule is COC(=O)c1c(NC(=O)C[NH+]2CCC(Cc3ccccc3)CC2)sc2c1CCC2. The number of quaternary nitrogens is 1. The normalized spacial score (nSPS) is 20.9. The van der Waals surface area contributed by atoms with E-state index >= 15 is 0 Å². The van der Waals surface area contributed by atoms with Crippen molar-refractivity contribution in [1.82, 2.24) is 0 Å². The Labute approximate surface area is 176 Å². The van der Waals surface area contributed by atoms with Crippen LogP contribution in [-0.4, -0.2) is 38.6 Å². The van der Waals surface area contributed by atoms with Crippen molar-refractivity contribution in [2.75, 3.05) is 32.1 Å². The second kappa shape index (κ2) is 9.09. The second-order valence-corrected chi connectivity index (χ2v) is 9.27. The summed E-state index contributed by atoms with van der Waals surface area (Å²) >= 11 is 1.54. The Morgan fingerprint density at radius 3 is 2.66 bits per heavy atom. The van der Waals surface area contributed by atoms with Gasteiger partial charge in [0.25, 0.3) is 5.91 Å². The van der Waals surface area contributed by atoms with Crippen LogP contribution in [-0.2, 0) is 28.8 Å². The molecule has 0 saturated carbocycles. The van der Waals surface area contributed by atoms with E-state index in [0.29, 0.717) is 23.0 Å². The Bertz CT molecular complexity index is 870. The molecule has 0 unspecified atom stereocenters. The van der Waals surface area contributed by atoms with Crippen LogP contribution in [0.5, 0.6) is 0 Å². The molecule has 1 aliphatic heterocycles. The molecule has 29 heavy (non-hydrogen) atoms. The van der Waals surface area contributed by atoms with E-state index in [1.165, 1.54) is 22.5 Å². The van der Waals surface area contributed by atoms with E-state index in [9.17, 15) is 9.59 Å². The summed E-state index contributed by atoms with van der Waals surface area (Å²) in [5, 5.41) is 3.68. The number of likely N-dealkylation sites (tertiary alicyclic amines) is 1. The van der Waals surface area contributed by atoms with Crippen molar-refractivity contribution in [3.05, 3.63) is 51.9 Å². The van der Waals surface area contributed by atoms with Crippen LogP contribution in [0, 0.1) is 5.92 Å². The zero-order valence-electron chi connectivity index (χ0n) is 17.0. The van der Waals surface area contributed by atoms with Gasteiger partial charge in [-0.15, -0.1) is 11.3 Å². The molecule has 1 saturated heterocycles. The Hall–Kier alpha value is -2.18. The van der Waals surface area contributed by atoms with Gasteiger partial charge in [0.15, 0.2) is 6.54 Å². The minimum atomic E-state index is -0.339. The van der Waals surface area contributed by atoms with Crippen LogP contribution in [0.1, 0.15) is 45.6 Å². The molecule has 0 spiro atoms. The highest BCUT2D eigenvalue weighted by Gasteiger charge is 2.29. The number of hydrogen-bond acceptors (Lipinski definition) is 4. The molecule has 154 valence electrons. The zero-order chi connectivity index (χ0) is 20.2. The lowest BCUT2D eigenvalue weighted by atomic mass is 9.90. The first-order chi connectivity index (χ1) is 14.1. The number of carbonyl (C=O) groups is 2.